The van der Waals surface area contributed by atoms with Crippen molar-refractivity contribution in [3.8, 4) is 0 Å². The van der Waals surface area contributed by atoms with E-state index in [0.29, 0.717) is 0 Å². The Hall–Kier alpha value is -0.930. The third-order valence-electron chi connectivity index (χ3n) is 1.59. The molecule has 3 nitrogen and oxygen atoms in total. The predicted molar refractivity (Wildman–Crippen MR) is 50.8 cm³/mol. The fraction of sp³-hybridized carbons (Fsp3) is 0.250. The third-order valence-corrected chi connectivity index (χ3v) is 1.83. The number of nitrogens with two attached hydrogens (primary N) is 1. The fourth-order valence-electron chi connectivity index (χ4n) is 0.922. The Morgan fingerprint density at radius 3 is 3.17 bits per heavy atom. The van der Waals surface area contributed by atoms with Gasteiger partial charge < -0.3 is 5.73 Å². The highest BCUT2D eigenvalue weighted by molar-refractivity contribution is 6.21. The lowest BCUT2D eigenvalue weighted by Crippen LogP contribution is -2.41. The first kappa shape index (κ1) is 9.16. The van der Waals surface area contributed by atoms with Gasteiger partial charge in [-0.1, -0.05) is 18.2 Å². The SMILES string of the molecule is C=C1C=CC(Cl)NN1/C(C)=C\N. The van der Waals surface area contributed by atoms with Crippen LogP contribution in [0.25, 0.3) is 0 Å². The highest BCUT2D eigenvalue weighted by Gasteiger charge is 2.14. The smallest absolute Gasteiger partial charge is 0.119 e. The molecule has 0 saturated carbocycles. The van der Waals surface area contributed by atoms with Crippen LogP contribution in [0.3, 0.4) is 0 Å². The van der Waals surface area contributed by atoms with Gasteiger partial charge in [0, 0.05) is 11.9 Å². The first-order valence-electron chi connectivity index (χ1n) is 3.61. The molecule has 0 aromatic heterocycles. The van der Waals surface area contributed by atoms with Crippen LogP contribution in [-0.4, -0.2) is 10.5 Å². The minimum atomic E-state index is -0.203. The summed E-state index contributed by atoms with van der Waals surface area (Å²) in [6.45, 7) is 5.70. The molecule has 0 amide bonds. The van der Waals surface area contributed by atoms with Crippen LogP contribution in [0.15, 0.2) is 36.3 Å². The van der Waals surface area contributed by atoms with Gasteiger partial charge >= 0.3 is 0 Å². The van der Waals surface area contributed by atoms with E-state index in [4.69, 9.17) is 17.3 Å². The van der Waals surface area contributed by atoms with Crippen molar-refractivity contribution in [1.29, 1.82) is 0 Å². The van der Waals surface area contributed by atoms with E-state index in [1.165, 1.54) is 6.20 Å². The molecule has 0 fully saturated rings. The van der Waals surface area contributed by atoms with Crippen molar-refractivity contribution in [2.75, 3.05) is 0 Å². The molecule has 3 N–H and O–H groups in total. The van der Waals surface area contributed by atoms with E-state index >= 15 is 0 Å². The second-order valence-corrected chi connectivity index (χ2v) is 2.99. The molecule has 0 saturated heterocycles. The van der Waals surface area contributed by atoms with Gasteiger partial charge in [-0.2, -0.15) is 0 Å². The van der Waals surface area contributed by atoms with Crippen LogP contribution in [0.1, 0.15) is 6.92 Å². The summed E-state index contributed by atoms with van der Waals surface area (Å²) < 4.78 is 0. The van der Waals surface area contributed by atoms with Crippen molar-refractivity contribution in [2.24, 2.45) is 5.73 Å². The van der Waals surface area contributed by atoms with Gasteiger partial charge in [-0.05, 0) is 19.1 Å². The summed E-state index contributed by atoms with van der Waals surface area (Å²) in [5.41, 5.74) is 9.83. The van der Waals surface area contributed by atoms with E-state index < -0.39 is 0 Å². The minimum Gasteiger partial charge on any atom is -0.403 e. The molecule has 12 heavy (non-hydrogen) atoms. The maximum absolute atomic E-state index is 5.83. The molecule has 1 atom stereocenters. The van der Waals surface area contributed by atoms with E-state index in [0.717, 1.165) is 11.4 Å². The van der Waals surface area contributed by atoms with Crippen molar-refractivity contribution in [3.63, 3.8) is 0 Å². The summed E-state index contributed by atoms with van der Waals surface area (Å²) in [4.78, 5) is 0. The number of allylic oxidation sites excluding steroid dienone is 2. The number of alkyl halides is 1. The Morgan fingerprint density at radius 1 is 1.92 bits per heavy atom. The van der Waals surface area contributed by atoms with Crippen LogP contribution in [-0.2, 0) is 0 Å². The monoisotopic (exact) mass is 185 g/mol. The topological polar surface area (TPSA) is 41.3 Å². The van der Waals surface area contributed by atoms with Crippen LogP contribution in [0.4, 0.5) is 0 Å². The first-order valence-corrected chi connectivity index (χ1v) is 4.05. The zero-order chi connectivity index (χ0) is 9.14. The number of hydrazine groups is 1. The van der Waals surface area contributed by atoms with Gasteiger partial charge in [0.25, 0.3) is 0 Å². The Kier molecular flexibility index (Phi) is 2.78. The average Bonchev–Trinajstić information content (AvgIpc) is 2.08. The van der Waals surface area contributed by atoms with E-state index in [9.17, 15) is 0 Å². The molecule has 1 aliphatic heterocycles. The molecule has 0 aliphatic carbocycles. The van der Waals surface area contributed by atoms with Crippen molar-refractivity contribution < 1.29 is 0 Å². The standard InChI is InChI=1S/C8H12ClN3/c1-6-3-4-8(9)11-12(6)7(2)5-10/h3-5,8,11H,1,10H2,2H3/b7-5-. The largest absolute Gasteiger partial charge is 0.403 e. The normalized spacial score (nSPS) is 24.8. The molecule has 0 bridgehead atoms. The highest BCUT2D eigenvalue weighted by atomic mass is 35.5. The van der Waals surface area contributed by atoms with Gasteiger partial charge in [-0.15, -0.1) is 0 Å². The lowest BCUT2D eigenvalue weighted by atomic mass is 10.3. The molecule has 1 aliphatic rings. The quantitative estimate of drug-likeness (QED) is 0.478. The Morgan fingerprint density at radius 2 is 2.58 bits per heavy atom. The number of halogens is 1. The number of hydrogen-bond donors (Lipinski definition) is 2. The summed E-state index contributed by atoms with van der Waals surface area (Å²) >= 11 is 5.83. The second-order valence-electron chi connectivity index (χ2n) is 2.52. The van der Waals surface area contributed by atoms with Gasteiger partial charge in [0.05, 0.1) is 5.70 Å². The number of nitrogens with zero attached hydrogens (tertiary/aromatic N) is 1. The van der Waals surface area contributed by atoms with E-state index in [-0.39, 0.29) is 5.50 Å². The zero-order valence-electron chi connectivity index (χ0n) is 6.92. The molecule has 0 spiro atoms. The average molecular weight is 186 g/mol. The maximum atomic E-state index is 5.83. The van der Waals surface area contributed by atoms with Gasteiger partial charge in [-0.25, -0.2) is 5.43 Å². The lowest BCUT2D eigenvalue weighted by Gasteiger charge is -2.30. The van der Waals surface area contributed by atoms with Crippen LogP contribution < -0.4 is 11.2 Å². The molecule has 4 heteroatoms. The van der Waals surface area contributed by atoms with Crippen molar-refractivity contribution in [1.82, 2.24) is 10.4 Å². The van der Waals surface area contributed by atoms with Gasteiger partial charge in [0.2, 0.25) is 0 Å². The molecule has 1 heterocycles. The Labute approximate surface area is 77.1 Å². The lowest BCUT2D eigenvalue weighted by molar-refractivity contribution is 0.312. The van der Waals surface area contributed by atoms with Crippen LogP contribution in [0.2, 0.25) is 0 Å². The van der Waals surface area contributed by atoms with Crippen LogP contribution in [0.5, 0.6) is 0 Å². The highest BCUT2D eigenvalue weighted by Crippen LogP contribution is 2.15. The molecule has 0 aromatic rings. The number of rotatable bonds is 1. The minimum absolute atomic E-state index is 0.203. The predicted octanol–water partition coefficient (Wildman–Crippen LogP) is 1.26. The van der Waals surface area contributed by atoms with Crippen molar-refractivity contribution >= 4 is 11.6 Å². The molecule has 66 valence electrons. The molecule has 1 rings (SSSR count). The summed E-state index contributed by atoms with van der Waals surface area (Å²) in [6.07, 6.45) is 5.17. The Balaban J connectivity index is 2.79. The molecule has 1 unspecified atom stereocenters. The molecule has 0 aromatic carbocycles. The van der Waals surface area contributed by atoms with Crippen LogP contribution >= 0.6 is 11.6 Å². The summed E-state index contributed by atoms with van der Waals surface area (Å²) in [5, 5.41) is 1.75. The van der Waals surface area contributed by atoms with Gasteiger partial charge in [0.15, 0.2) is 0 Å². The van der Waals surface area contributed by atoms with E-state index in [2.05, 4.69) is 12.0 Å². The fourth-order valence-corrected chi connectivity index (χ4v) is 1.09. The van der Waals surface area contributed by atoms with Crippen molar-refractivity contribution in [3.05, 3.63) is 36.3 Å². The van der Waals surface area contributed by atoms with Crippen LogP contribution in [0, 0.1) is 0 Å². The van der Waals surface area contributed by atoms with E-state index in [1.807, 2.05) is 19.1 Å². The van der Waals surface area contributed by atoms with Gasteiger partial charge in [-0.3, -0.25) is 5.01 Å². The number of nitrogens with one attached hydrogen (secondary N) is 1. The first-order chi connectivity index (χ1) is 5.65. The second kappa shape index (κ2) is 3.65. The summed E-state index contributed by atoms with van der Waals surface area (Å²) in [5.74, 6) is 0. The third kappa shape index (κ3) is 1.81. The summed E-state index contributed by atoms with van der Waals surface area (Å²) in [7, 11) is 0. The number of hydrogen-bond acceptors (Lipinski definition) is 3. The van der Waals surface area contributed by atoms with Gasteiger partial charge in [0.1, 0.15) is 5.50 Å². The molecular weight excluding hydrogens is 174 g/mol. The molecule has 0 radical (unpaired) electrons. The summed E-state index contributed by atoms with van der Waals surface area (Å²) in [6, 6.07) is 0. The molecular formula is C8H12ClN3. The Bertz CT molecular complexity index is 245. The zero-order valence-corrected chi connectivity index (χ0v) is 7.67. The van der Waals surface area contributed by atoms with E-state index in [1.54, 1.807) is 5.01 Å². The maximum Gasteiger partial charge on any atom is 0.119 e. The van der Waals surface area contributed by atoms with Crippen molar-refractivity contribution in [2.45, 2.75) is 12.4 Å².